The van der Waals surface area contributed by atoms with E-state index in [2.05, 4.69) is 54.9 Å². The van der Waals surface area contributed by atoms with Crippen molar-refractivity contribution in [2.75, 3.05) is 13.2 Å². The minimum atomic E-state index is 0.322. The van der Waals surface area contributed by atoms with Gasteiger partial charge < -0.3 is 10.1 Å². The lowest BCUT2D eigenvalue weighted by atomic mass is 10.1. The van der Waals surface area contributed by atoms with Crippen molar-refractivity contribution >= 4 is 11.3 Å². The van der Waals surface area contributed by atoms with Crippen molar-refractivity contribution in [3.05, 3.63) is 52.2 Å². The summed E-state index contributed by atoms with van der Waals surface area (Å²) in [6.07, 6.45) is 0.974. The summed E-state index contributed by atoms with van der Waals surface area (Å²) in [6.45, 7) is 5.99. The van der Waals surface area contributed by atoms with Gasteiger partial charge in [-0.2, -0.15) is 0 Å². The van der Waals surface area contributed by atoms with Crippen LogP contribution in [0.5, 0.6) is 5.75 Å². The van der Waals surface area contributed by atoms with Crippen LogP contribution in [0.2, 0.25) is 0 Å². The Balaban J connectivity index is 1.95. The van der Waals surface area contributed by atoms with Crippen LogP contribution in [0.25, 0.3) is 0 Å². The Labute approximate surface area is 119 Å². The molecule has 1 heterocycles. The lowest BCUT2D eigenvalue weighted by Gasteiger charge is -2.17. The van der Waals surface area contributed by atoms with Crippen LogP contribution in [-0.4, -0.2) is 13.2 Å². The van der Waals surface area contributed by atoms with Crippen LogP contribution in [-0.2, 0) is 6.42 Å². The average molecular weight is 275 g/mol. The summed E-state index contributed by atoms with van der Waals surface area (Å²) < 4.78 is 5.94. The summed E-state index contributed by atoms with van der Waals surface area (Å²) in [7, 11) is 0. The molecule has 0 saturated heterocycles. The number of hydrogen-bond acceptors (Lipinski definition) is 3. The number of benzene rings is 1. The second-order valence-electron chi connectivity index (χ2n) is 4.50. The first-order valence-electron chi connectivity index (χ1n) is 6.78. The van der Waals surface area contributed by atoms with E-state index < -0.39 is 0 Å². The second kappa shape index (κ2) is 7.31. The number of para-hydroxylation sites is 1. The van der Waals surface area contributed by atoms with Gasteiger partial charge in [0.25, 0.3) is 0 Å². The summed E-state index contributed by atoms with van der Waals surface area (Å²) >= 11 is 1.78. The molecule has 1 N–H and O–H groups in total. The molecule has 0 amide bonds. The van der Waals surface area contributed by atoms with Gasteiger partial charge in [-0.25, -0.2) is 0 Å². The zero-order valence-corrected chi connectivity index (χ0v) is 12.4. The molecule has 1 atom stereocenters. The van der Waals surface area contributed by atoms with Crippen LogP contribution in [0, 0.1) is 0 Å². The summed E-state index contributed by atoms with van der Waals surface area (Å²) in [5, 5.41) is 5.54. The van der Waals surface area contributed by atoms with E-state index in [-0.39, 0.29) is 0 Å². The molecule has 3 heteroatoms. The standard InChI is InChI=1S/C16H21NOS/c1-3-17-13(2)15-8-4-5-9-16(15)18-11-10-14-7-6-12-19-14/h4-9,12-13,17H,3,10-11H2,1-2H3. The molecule has 2 nitrogen and oxygen atoms in total. The Morgan fingerprint density at radius 1 is 1.21 bits per heavy atom. The Morgan fingerprint density at radius 3 is 2.79 bits per heavy atom. The van der Waals surface area contributed by atoms with E-state index in [4.69, 9.17) is 4.74 Å². The van der Waals surface area contributed by atoms with Gasteiger partial charge in [0.2, 0.25) is 0 Å². The minimum absolute atomic E-state index is 0.322. The van der Waals surface area contributed by atoms with Crippen LogP contribution < -0.4 is 10.1 Å². The molecule has 1 aromatic heterocycles. The smallest absolute Gasteiger partial charge is 0.124 e. The third-order valence-electron chi connectivity index (χ3n) is 3.08. The lowest BCUT2D eigenvalue weighted by Crippen LogP contribution is -2.18. The topological polar surface area (TPSA) is 21.3 Å². The van der Waals surface area contributed by atoms with Crippen molar-refractivity contribution in [2.24, 2.45) is 0 Å². The maximum Gasteiger partial charge on any atom is 0.124 e. The van der Waals surface area contributed by atoms with Crippen molar-refractivity contribution in [1.82, 2.24) is 5.32 Å². The highest BCUT2D eigenvalue weighted by atomic mass is 32.1. The van der Waals surface area contributed by atoms with E-state index in [1.165, 1.54) is 10.4 Å². The van der Waals surface area contributed by atoms with Crippen LogP contribution in [0.4, 0.5) is 0 Å². The van der Waals surface area contributed by atoms with Gasteiger partial charge >= 0.3 is 0 Å². The van der Waals surface area contributed by atoms with Crippen molar-refractivity contribution in [1.29, 1.82) is 0 Å². The SMILES string of the molecule is CCNC(C)c1ccccc1OCCc1cccs1. The molecule has 0 aliphatic carbocycles. The molecule has 1 unspecified atom stereocenters. The maximum absolute atomic E-state index is 5.94. The molecule has 102 valence electrons. The van der Waals surface area contributed by atoms with Gasteiger partial charge in [-0.1, -0.05) is 31.2 Å². The van der Waals surface area contributed by atoms with Gasteiger partial charge in [0.05, 0.1) is 6.61 Å². The fourth-order valence-electron chi connectivity index (χ4n) is 2.10. The largest absolute Gasteiger partial charge is 0.493 e. The quantitative estimate of drug-likeness (QED) is 0.823. The van der Waals surface area contributed by atoms with E-state index in [0.29, 0.717) is 6.04 Å². The highest BCUT2D eigenvalue weighted by molar-refractivity contribution is 7.09. The van der Waals surface area contributed by atoms with E-state index in [1.807, 2.05) is 6.07 Å². The Morgan fingerprint density at radius 2 is 2.05 bits per heavy atom. The molecular formula is C16H21NOS. The lowest BCUT2D eigenvalue weighted by molar-refractivity contribution is 0.316. The summed E-state index contributed by atoms with van der Waals surface area (Å²) in [4.78, 5) is 1.37. The van der Waals surface area contributed by atoms with Crippen LogP contribution in [0.1, 0.15) is 30.3 Å². The first kappa shape index (κ1) is 14.1. The Kier molecular flexibility index (Phi) is 5.43. The summed E-state index contributed by atoms with van der Waals surface area (Å²) in [6, 6.07) is 12.8. The first-order valence-corrected chi connectivity index (χ1v) is 7.66. The number of nitrogens with one attached hydrogen (secondary N) is 1. The van der Waals surface area contributed by atoms with Crippen LogP contribution >= 0.6 is 11.3 Å². The van der Waals surface area contributed by atoms with Crippen molar-refractivity contribution < 1.29 is 4.74 Å². The molecule has 0 aliphatic rings. The third kappa shape index (κ3) is 4.08. The zero-order valence-electron chi connectivity index (χ0n) is 11.6. The molecule has 19 heavy (non-hydrogen) atoms. The molecule has 2 rings (SSSR count). The maximum atomic E-state index is 5.94. The van der Waals surface area contributed by atoms with Gasteiger partial charge in [-0.3, -0.25) is 0 Å². The van der Waals surface area contributed by atoms with Gasteiger partial charge in [0.1, 0.15) is 5.75 Å². The summed E-state index contributed by atoms with van der Waals surface area (Å²) in [5.74, 6) is 0.993. The van der Waals surface area contributed by atoms with Crippen LogP contribution in [0.15, 0.2) is 41.8 Å². The normalized spacial score (nSPS) is 12.3. The van der Waals surface area contributed by atoms with Crippen molar-refractivity contribution in [2.45, 2.75) is 26.3 Å². The number of rotatable bonds is 7. The van der Waals surface area contributed by atoms with Crippen molar-refractivity contribution in [3.63, 3.8) is 0 Å². The first-order chi connectivity index (χ1) is 9.31. The van der Waals surface area contributed by atoms with E-state index in [0.717, 1.165) is 25.3 Å². The molecule has 0 saturated carbocycles. The summed E-state index contributed by atoms with van der Waals surface area (Å²) in [5.41, 5.74) is 1.23. The zero-order chi connectivity index (χ0) is 13.5. The van der Waals surface area contributed by atoms with E-state index in [1.54, 1.807) is 11.3 Å². The van der Waals surface area contributed by atoms with Crippen LogP contribution in [0.3, 0.4) is 0 Å². The fraction of sp³-hybridized carbons (Fsp3) is 0.375. The predicted molar refractivity (Wildman–Crippen MR) is 82.1 cm³/mol. The Hall–Kier alpha value is -1.32. The predicted octanol–water partition coefficient (Wildman–Crippen LogP) is 4.04. The number of ether oxygens (including phenoxy) is 1. The van der Waals surface area contributed by atoms with Gasteiger partial charge in [0, 0.05) is 22.9 Å². The second-order valence-corrected chi connectivity index (χ2v) is 5.53. The Bertz CT molecular complexity index is 481. The molecule has 2 aromatic rings. The van der Waals surface area contributed by atoms with Gasteiger partial charge in [-0.05, 0) is 31.0 Å². The highest BCUT2D eigenvalue weighted by Gasteiger charge is 2.09. The van der Waals surface area contributed by atoms with E-state index >= 15 is 0 Å². The number of hydrogen-bond donors (Lipinski definition) is 1. The molecule has 0 spiro atoms. The molecular weight excluding hydrogens is 254 g/mol. The molecule has 0 bridgehead atoms. The monoisotopic (exact) mass is 275 g/mol. The average Bonchev–Trinajstić information content (AvgIpc) is 2.93. The highest BCUT2D eigenvalue weighted by Crippen LogP contribution is 2.25. The molecule has 0 radical (unpaired) electrons. The fourth-order valence-corrected chi connectivity index (χ4v) is 2.79. The van der Waals surface area contributed by atoms with Gasteiger partial charge in [-0.15, -0.1) is 11.3 Å². The van der Waals surface area contributed by atoms with Gasteiger partial charge in [0.15, 0.2) is 0 Å². The molecule has 0 aliphatic heterocycles. The number of thiophene rings is 1. The molecule has 1 aromatic carbocycles. The third-order valence-corrected chi connectivity index (χ3v) is 4.02. The van der Waals surface area contributed by atoms with Crippen molar-refractivity contribution in [3.8, 4) is 5.75 Å². The minimum Gasteiger partial charge on any atom is -0.493 e. The van der Waals surface area contributed by atoms with E-state index in [9.17, 15) is 0 Å². The molecule has 0 fully saturated rings.